The van der Waals surface area contributed by atoms with Crippen LogP contribution in [-0.2, 0) is 16.2 Å². The van der Waals surface area contributed by atoms with E-state index in [1.807, 2.05) is 0 Å². The minimum Gasteiger partial charge on any atom is -0.490 e. The van der Waals surface area contributed by atoms with E-state index in [1.165, 1.54) is 35.3 Å². The molecule has 1 N–H and O–H groups in total. The number of hydrogen-bond acceptors (Lipinski definition) is 7. The number of nitrogens with one attached hydrogen (secondary N) is 1. The van der Waals surface area contributed by atoms with Gasteiger partial charge in [0.15, 0.2) is 16.6 Å². The molecule has 2 aromatic rings. The van der Waals surface area contributed by atoms with Crippen LogP contribution in [0, 0.1) is 10.1 Å². The number of non-ortho nitro benzene ring substituents is 1. The number of nitro groups is 1. The summed E-state index contributed by atoms with van der Waals surface area (Å²) in [4.78, 5) is 36.9. The molecule has 176 valence electrons. The maximum Gasteiger partial charge on any atom is 0.269 e. The minimum atomic E-state index is -0.629. The lowest BCUT2D eigenvalue weighted by atomic mass is 10.1. The lowest BCUT2D eigenvalue weighted by molar-refractivity contribution is -0.384. The molecule has 9 nitrogen and oxygen atoms in total. The average Bonchev–Trinajstić information content (AvgIpc) is 2.79. The van der Waals surface area contributed by atoms with E-state index >= 15 is 0 Å². The summed E-state index contributed by atoms with van der Waals surface area (Å²) in [6, 6.07) is 9.13. The number of amides is 2. The predicted octanol–water partition coefficient (Wildman–Crippen LogP) is 4.04. The van der Waals surface area contributed by atoms with E-state index in [0.717, 1.165) is 0 Å². The summed E-state index contributed by atoms with van der Waals surface area (Å²) in [7, 11) is 0. The zero-order valence-corrected chi connectivity index (χ0v) is 19.6. The standard InChI is InChI=1S/C23H20ClN3O6S/c1-3-8-26-22(29)17(21(28)25-23(26)34)10-15-11-18(24)20(19(12-15)32-4-2)33-13-14-6-5-7-16(9-14)27(30)31/h3,5-7,9-12H,1,4,8,13H2,2H3,(H,25,28,34)/b17-10+. The molecule has 3 rings (SSSR count). The molecule has 0 saturated carbocycles. The summed E-state index contributed by atoms with van der Waals surface area (Å²) in [5.41, 5.74) is 0.821. The highest BCUT2D eigenvalue weighted by Crippen LogP contribution is 2.38. The Kier molecular flexibility index (Phi) is 7.98. The van der Waals surface area contributed by atoms with Crippen LogP contribution in [0.5, 0.6) is 11.5 Å². The van der Waals surface area contributed by atoms with Gasteiger partial charge in [-0.15, -0.1) is 6.58 Å². The van der Waals surface area contributed by atoms with Crippen LogP contribution in [0.25, 0.3) is 6.08 Å². The normalized spacial score (nSPS) is 14.7. The molecule has 1 fully saturated rings. The van der Waals surface area contributed by atoms with E-state index in [9.17, 15) is 19.7 Å². The van der Waals surface area contributed by atoms with Crippen LogP contribution in [0.1, 0.15) is 18.1 Å². The van der Waals surface area contributed by atoms with Crippen molar-refractivity contribution in [1.82, 2.24) is 10.2 Å². The molecule has 1 aliphatic heterocycles. The van der Waals surface area contributed by atoms with Crippen LogP contribution in [0.3, 0.4) is 0 Å². The number of thiocarbonyl (C=S) groups is 1. The Morgan fingerprint density at radius 3 is 2.71 bits per heavy atom. The number of nitrogens with zero attached hydrogens (tertiary/aromatic N) is 2. The molecule has 2 amide bonds. The number of halogens is 1. The van der Waals surface area contributed by atoms with Crippen LogP contribution >= 0.6 is 23.8 Å². The molecule has 0 spiro atoms. The molecular formula is C23H20ClN3O6S. The van der Waals surface area contributed by atoms with Gasteiger partial charge in [0.1, 0.15) is 12.2 Å². The number of ether oxygens (including phenoxy) is 2. The van der Waals surface area contributed by atoms with Crippen molar-refractivity contribution in [2.75, 3.05) is 13.2 Å². The van der Waals surface area contributed by atoms with Crippen LogP contribution in [-0.4, -0.2) is 39.9 Å². The fourth-order valence-electron chi connectivity index (χ4n) is 3.15. The van der Waals surface area contributed by atoms with E-state index in [2.05, 4.69) is 11.9 Å². The second kappa shape index (κ2) is 10.9. The van der Waals surface area contributed by atoms with Crippen molar-refractivity contribution in [3.05, 3.63) is 80.9 Å². The first-order valence-electron chi connectivity index (χ1n) is 10.1. The fraction of sp³-hybridized carbons (Fsp3) is 0.174. The van der Waals surface area contributed by atoms with Gasteiger partial charge in [-0.25, -0.2) is 0 Å². The third-order valence-electron chi connectivity index (χ3n) is 4.64. The van der Waals surface area contributed by atoms with Crippen molar-refractivity contribution < 1.29 is 24.0 Å². The Bertz CT molecular complexity index is 1210. The lowest BCUT2D eigenvalue weighted by Gasteiger charge is -2.27. The van der Waals surface area contributed by atoms with Gasteiger partial charge in [-0.3, -0.25) is 29.9 Å². The zero-order valence-electron chi connectivity index (χ0n) is 18.1. The molecule has 34 heavy (non-hydrogen) atoms. The number of hydrogen-bond donors (Lipinski definition) is 1. The Morgan fingerprint density at radius 1 is 1.26 bits per heavy atom. The Morgan fingerprint density at radius 2 is 2.03 bits per heavy atom. The molecule has 0 radical (unpaired) electrons. The highest BCUT2D eigenvalue weighted by Gasteiger charge is 2.32. The van der Waals surface area contributed by atoms with Gasteiger partial charge in [-0.05, 0) is 48.5 Å². The molecule has 11 heteroatoms. The van der Waals surface area contributed by atoms with Crippen molar-refractivity contribution in [1.29, 1.82) is 0 Å². The maximum absolute atomic E-state index is 12.8. The van der Waals surface area contributed by atoms with Gasteiger partial charge in [0.25, 0.3) is 17.5 Å². The Hall–Kier alpha value is -3.76. The smallest absolute Gasteiger partial charge is 0.269 e. The fourth-order valence-corrected chi connectivity index (χ4v) is 3.67. The first-order valence-corrected chi connectivity index (χ1v) is 10.9. The monoisotopic (exact) mass is 501 g/mol. The third-order valence-corrected chi connectivity index (χ3v) is 5.25. The summed E-state index contributed by atoms with van der Waals surface area (Å²) in [5.74, 6) is -0.676. The van der Waals surface area contributed by atoms with Crippen LogP contribution in [0.15, 0.2) is 54.6 Å². The van der Waals surface area contributed by atoms with Crippen molar-refractivity contribution in [3.63, 3.8) is 0 Å². The number of carbonyl (C=O) groups is 2. The van der Waals surface area contributed by atoms with Gasteiger partial charge in [-0.2, -0.15) is 0 Å². The first-order chi connectivity index (χ1) is 16.2. The topological polar surface area (TPSA) is 111 Å². The van der Waals surface area contributed by atoms with Crippen molar-refractivity contribution in [2.45, 2.75) is 13.5 Å². The van der Waals surface area contributed by atoms with E-state index in [0.29, 0.717) is 17.7 Å². The Balaban J connectivity index is 1.91. The SMILES string of the molecule is C=CCN1C(=O)/C(=C/c2cc(Cl)c(OCc3cccc([N+](=O)[O-])c3)c(OCC)c2)C(=O)NC1=S. The van der Waals surface area contributed by atoms with Gasteiger partial charge in [-0.1, -0.05) is 29.8 Å². The summed E-state index contributed by atoms with van der Waals surface area (Å²) in [5, 5.41) is 13.6. The van der Waals surface area contributed by atoms with Crippen molar-refractivity contribution in [3.8, 4) is 11.5 Å². The molecule has 1 saturated heterocycles. The summed E-state index contributed by atoms with van der Waals surface area (Å²) in [6.07, 6.45) is 2.88. The van der Waals surface area contributed by atoms with E-state index in [4.69, 9.17) is 33.3 Å². The van der Waals surface area contributed by atoms with Crippen LogP contribution < -0.4 is 14.8 Å². The molecule has 0 atom stereocenters. The molecular weight excluding hydrogens is 482 g/mol. The second-order valence-corrected chi connectivity index (χ2v) is 7.79. The van der Waals surface area contributed by atoms with Crippen LogP contribution in [0.2, 0.25) is 5.02 Å². The first kappa shape index (κ1) is 24.9. The second-order valence-electron chi connectivity index (χ2n) is 7.00. The number of rotatable bonds is 9. The largest absolute Gasteiger partial charge is 0.490 e. The van der Waals surface area contributed by atoms with Crippen LogP contribution in [0.4, 0.5) is 5.69 Å². The summed E-state index contributed by atoms with van der Waals surface area (Å²) < 4.78 is 11.5. The predicted molar refractivity (Wildman–Crippen MR) is 131 cm³/mol. The summed E-state index contributed by atoms with van der Waals surface area (Å²) in [6.45, 7) is 5.81. The summed E-state index contributed by atoms with van der Waals surface area (Å²) >= 11 is 11.5. The molecule has 0 bridgehead atoms. The van der Waals surface area contributed by atoms with Gasteiger partial charge in [0, 0.05) is 18.7 Å². The van der Waals surface area contributed by atoms with Crippen molar-refractivity contribution in [2.24, 2.45) is 0 Å². The average molecular weight is 502 g/mol. The van der Waals surface area contributed by atoms with Gasteiger partial charge in [0.05, 0.1) is 16.6 Å². The molecule has 0 aliphatic carbocycles. The van der Waals surface area contributed by atoms with Gasteiger partial charge in [0.2, 0.25) is 0 Å². The van der Waals surface area contributed by atoms with Crippen molar-refractivity contribution >= 4 is 52.5 Å². The van der Waals surface area contributed by atoms with E-state index < -0.39 is 16.7 Å². The number of benzene rings is 2. The maximum atomic E-state index is 12.8. The minimum absolute atomic E-state index is 0.00462. The quantitative estimate of drug-likeness (QED) is 0.138. The molecule has 2 aromatic carbocycles. The van der Waals surface area contributed by atoms with E-state index in [-0.39, 0.29) is 46.0 Å². The molecule has 1 heterocycles. The highest BCUT2D eigenvalue weighted by molar-refractivity contribution is 7.80. The molecule has 1 aliphatic rings. The number of carbonyl (C=O) groups excluding carboxylic acids is 2. The van der Waals surface area contributed by atoms with Gasteiger partial charge >= 0.3 is 0 Å². The van der Waals surface area contributed by atoms with Gasteiger partial charge < -0.3 is 9.47 Å². The third kappa shape index (κ3) is 5.59. The zero-order chi connectivity index (χ0) is 24.8. The number of nitro benzene ring substituents is 1. The lowest BCUT2D eigenvalue weighted by Crippen LogP contribution is -2.53. The van der Waals surface area contributed by atoms with E-state index in [1.54, 1.807) is 25.1 Å². The Labute approximate surface area is 205 Å². The molecule has 0 aromatic heterocycles. The molecule has 0 unspecified atom stereocenters. The highest BCUT2D eigenvalue weighted by atomic mass is 35.5.